The van der Waals surface area contributed by atoms with Crippen LogP contribution in [0.25, 0.3) is 11.2 Å². The summed E-state index contributed by atoms with van der Waals surface area (Å²) in [6.07, 6.45) is -2.76. The molecule has 2 aromatic heterocycles. The molecule has 0 unspecified atom stereocenters. The van der Waals surface area contributed by atoms with Crippen LogP contribution in [0, 0.1) is 0 Å². The number of hydrogen-bond acceptors (Lipinski definition) is 11. The first-order valence-electron chi connectivity index (χ1n) is 8.46. The van der Waals surface area contributed by atoms with Crippen molar-refractivity contribution in [2.45, 2.75) is 45.3 Å². The predicted octanol–water partition coefficient (Wildman–Crippen LogP) is 0.495. The quantitative estimate of drug-likeness (QED) is 0.367. The first-order chi connectivity index (χ1) is 13.7. The van der Waals surface area contributed by atoms with E-state index < -0.39 is 42.4 Å². The van der Waals surface area contributed by atoms with E-state index in [1.54, 1.807) is 0 Å². The van der Waals surface area contributed by atoms with Gasteiger partial charge in [-0.2, -0.15) is 0 Å². The molecule has 0 amide bonds. The number of hydrogen-bond donors (Lipinski definition) is 1. The Kier molecular flexibility index (Phi) is 5.98. The number of imidazole rings is 1. The molecule has 4 atom stereocenters. The lowest BCUT2D eigenvalue weighted by Gasteiger charge is -2.24. The molecule has 0 saturated carbocycles. The Hall–Kier alpha value is -2.80. The van der Waals surface area contributed by atoms with Gasteiger partial charge in [0.2, 0.25) is 0 Å². The van der Waals surface area contributed by atoms with E-state index in [9.17, 15) is 14.4 Å². The number of fused-ring (bicyclic) bond motifs is 1. The Morgan fingerprint density at radius 1 is 1.14 bits per heavy atom. The highest BCUT2D eigenvalue weighted by Gasteiger charge is 2.51. The van der Waals surface area contributed by atoms with Gasteiger partial charge in [-0.3, -0.25) is 19.0 Å². The number of ether oxygens (including phenoxy) is 4. The number of nitrogens with two attached hydrogens (primary N) is 1. The van der Waals surface area contributed by atoms with Crippen molar-refractivity contribution in [3.05, 3.63) is 11.1 Å². The Labute approximate surface area is 172 Å². The number of nitrogen functional groups attached to an aromatic ring is 1. The van der Waals surface area contributed by atoms with Crippen molar-refractivity contribution in [3.63, 3.8) is 0 Å². The largest absolute Gasteiger partial charge is 0.463 e. The molecule has 1 aliphatic heterocycles. The Balaban J connectivity index is 2.07. The topological polar surface area (TPSA) is 158 Å². The second kappa shape index (κ2) is 8.29. The van der Waals surface area contributed by atoms with Gasteiger partial charge in [0.05, 0.1) is 0 Å². The fourth-order valence-electron chi connectivity index (χ4n) is 3.03. The van der Waals surface area contributed by atoms with Crippen molar-refractivity contribution in [2.75, 3.05) is 12.3 Å². The molecule has 0 aliphatic carbocycles. The van der Waals surface area contributed by atoms with Crippen molar-refractivity contribution in [1.82, 2.24) is 19.5 Å². The van der Waals surface area contributed by atoms with Gasteiger partial charge in [-0.25, -0.2) is 15.0 Å². The van der Waals surface area contributed by atoms with Crippen molar-refractivity contribution >= 4 is 50.8 Å². The number of esters is 3. The molecule has 3 rings (SSSR count). The van der Waals surface area contributed by atoms with E-state index in [4.69, 9.17) is 24.7 Å². The summed E-state index contributed by atoms with van der Waals surface area (Å²) < 4.78 is 23.5. The average Bonchev–Trinajstić information content (AvgIpc) is 3.11. The molecule has 1 saturated heterocycles. The zero-order chi connectivity index (χ0) is 21.3. The van der Waals surface area contributed by atoms with Crippen LogP contribution < -0.4 is 5.73 Å². The number of nitrogens with zero attached hydrogens (tertiary/aromatic N) is 4. The van der Waals surface area contributed by atoms with Crippen LogP contribution >= 0.6 is 15.9 Å². The lowest BCUT2D eigenvalue weighted by Crippen LogP contribution is -2.40. The maximum atomic E-state index is 11.7. The van der Waals surface area contributed by atoms with E-state index in [2.05, 4.69) is 30.9 Å². The molecule has 1 aliphatic rings. The van der Waals surface area contributed by atoms with Crippen LogP contribution in [0.5, 0.6) is 0 Å². The lowest BCUT2D eigenvalue weighted by molar-refractivity contribution is -0.166. The molecule has 29 heavy (non-hydrogen) atoms. The fourth-order valence-corrected chi connectivity index (χ4v) is 3.57. The maximum Gasteiger partial charge on any atom is 0.303 e. The lowest BCUT2D eigenvalue weighted by atomic mass is 10.1. The average molecular weight is 472 g/mol. The summed E-state index contributed by atoms with van der Waals surface area (Å²) in [7, 11) is 0. The summed E-state index contributed by atoms with van der Waals surface area (Å²) in [6.45, 7) is 3.43. The zero-order valence-electron chi connectivity index (χ0n) is 15.7. The molecule has 0 spiro atoms. The minimum atomic E-state index is -1.07. The number of anilines is 1. The molecule has 0 aromatic carbocycles. The highest BCUT2D eigenvalue weighted by molar-refractivity contribution is 9.10. The third kappa shape index (κ3) is 4.29. The third-order valence-electron chi connectivity index (χ3n) is 4.06. The number of rotatable bonds is 5. The standard InChI is InChI=1S/C16H18BrN5O7/c1-6(23)26-4-9-11(27-7(2)24)12(28-8(3)25)15(29-9)22-14-10(21-16(22)17)13(18)19-5-20-14/h5,9,11-12,15H,4H2,1-3H3,(H2,18,19,20)/t9-,11+,12-,15-/m0/s1. The number of aromatic nitrogens is 4. The minimum absolute atomic E-state index is 0.143. The summed E-state index contributed by atoms with van der Waals surface area (Å²) in [6, 6.07) is 0. The van der Waals surface area contributed by atoms with Crippen LogP contribution in [-0.2, 0) is 33.3 Å². The third-order valence-corrected chi connectivity index (χ3v) is 4.62. The summed E-state index contributed by atoms with van der Waals surface area (Å²) in [4.78, 5) is 47.0. The van der Waals surface area contributed by atoms with Gasteiger partial charge < -0.3 is 24.7 Å². The second-order valence-electron chi connectivity index (χ2n) is 6.20. The molecule has 0 radical (unpaired) electrons. The van der Waals surface area contributed by atoms with Gasteiger partial charge in [0.1, 0.15) is 19.0 Å². The van der Waals surface area contributed by atoms with E-state index in [1.165, 1.54) is 31.7 Å². The summed E-state index contributed by atoms with van der Waals surface area (Å²) in [5.41, 5.74) is 6.46. The number of carbonyl (C=O) groups is 3. The molecule has 12 nitrogen and oxygen atoms in total. The SMILES string of the molecule is CC(=O)OC[C@@H]1O[C@H](n2c(Br)nc3c(N)ncnc32)[C@@H](OC(C)=O)[C@@H]1OC(C)=O. The summed E-state index contributed by atoms with van der Waals surface area (Å²) >= 11 is 3.32. The zero-order valence-corrected chi connectivity index (χ0v) is 17.3. The number of carbonyl (C=O) groups excluding carboxylic acids is 3. The van der Waals surface area contributed by atoms with E-state index in [0.717, 1.165) is 0 Å². The van der Waals surface area contributed by atoms with Crippen LogP contribution in [0.15, 0.2) is 11.1 Å². The Bertz CT molecular complexity index is 965. The van der Waals surface area contributed by atoms with E-state index in [0.29, 0.717) is 11.2 Å². The monoisotopic (exact) mass is 471 g/mol. The molecule has 3 heterocycles. The van der Waals surface area contributed by atoms with Crippen molar-refractivity contribution in [1.29, 1.82) is 0 Å². The van der Waals surface area contributed by atoms with Crippen LogP contribution in [0.4, 0.5) is 5.82 Å². The van der Waals surface area contributed by atoms with E-state index >= 15 is 0 Å². The molecular formula is C16H18BrN5O7. The van der Waals surface area contributed by atoms with Crippen molar-refractivity contribution in [2.24, 2.45) is 0 Å². The van der Waals surface area contributed by atoms with Crippen molar-refractivity contribution in [3.8, 4) is 0 Å². The normalized spacial score (nSPS) is 23.7. The minimum Gasteiger partial charge on any atom is -0.463 e. The van der Waals surface area contributed by atoms with Gasteiger partial charge in [-0.15, -0.1) is 0 Å². The number of halogens is 1. The molecule has 156 valence electrons. The van der Waals surface area contributed by atoms with Gasteiger partial charge in [0.25, 0.3) is 0 Å². The van der Waals surface area contributed by atoms with E-state index in [-0.39, 0.29) is 17.2 Å². The van der Waals surface area contributed by atoms with Gasteiger partial charge in [-0.1, -0.05) is 0 Å². The molecule has 2 aromatic rings. The smallest absolute Gasteiger partial charge is 0.303 e. The molecule has 1 fully saturated rings. The van der Waals surface area contributed by atoms with Crippen LogP contribution in [-0.4, -0.2) is 62.3 Å². The van der Waals surface area contributed by atoms with Gasteiger partial charge in [0, 0.05) is 20.8 Å². The van der Waals surface area contributed by atoms with Gasteiger partial charge >= 0.3 is 17.9 Å². The summed E-state index contributed by atoms with van der Waals surface area (Å²) in [5.74, 6) is -1.64. The predicted molar refractivity (Wildman–Crippen MR) is 99.1 cm³/mol. The van der Waals surface area contributed by atoms with Crippen LogP contribution in [0.2, 0.25) is 0 Å². The second-order valence-corrected chi connectivity index (χ2v) is 6.91. The van der Waals surface area contributed by atoms with Crippen molar-refractivity contribution < 1.29 is 33.3 Å². The molecule has 0 bridgehead atoms. The first-order valence-corrected chi connectivity index (χ1v) is 9.25. The van der Waals surface area contributed by atoms with Crippen LogP contribution in [0.1, 0.15) is 27.0 Å². The highest BCUT2D eigenvalue weighted by Crippen LogP contribution is 2.38. The Morgan fingerprint density at radius 3 is 2.41 bits per heavy atom. The molecule has 2 N–H and O–H groups in total. The highest BCUT2D eigenvalue weighted by atomic mass is 79.9. The maximum absolute atomic E-state index is 11.7. The van der Waals surface area contributed by atoms with Gasteiger partial charge in [-0.05, 0) is 15.9 Å². The molecular weight excluding hydrogens is 454 g/mol. The summed E-state index contributed by atoms with van der Waals surface area (Å²) in [5, 5.41) is 0. The van der Waals surface area contributed by atoms with Crippen LogP contribution in [0.3, 0.4) is 0 Å². The van der Waals surface area contributed by atoms with E-state index in [1.807, 2.05) is 0 Å². The molecule has 13 heteroatoms. The Morgan fingerprint density at radius 2 is 1.79 bits per heavy atom. The fraction of sp³-hybridized carbons (Fsp3) is 0.500. The first kappa shape index (κ1) is 20.9. The van der Waals surface area contributed by atoms with Gasteiger partial charge in [0.15, 0.2) is 40.2 Å².